The minimum atomic E-state index is -0.335. The number of fused-ring (bicyclic) bond motifs is 1. The third-order valence-corrected chi connectivity index (χ3v) is 2.96. The highest BCUT2D eigenvalue weighted by molar-refractivity contribution is 6.08. The van der Waals surface area contributed by atoms with Crippen molar-refractivity contribution in [2.45, 2.75) is 6.92 Å². The average molecular weight is 270 g/mol. The summed E-state index contributed by atoms with van der Waals surface area (Å²) in [6, 6.07) is 5.93. The number of carbonyl (C=O) groups is 1. The van der Waals surface area contributed by atoms with E-state index in [-0.39, 0.29) is 11.7 Å². The van der Waals surface area contributed by atoms with E-state index >= 15 is 0 Å². The average Bonchev–Trinajstić information content (AvgIpc) is 2.86. The van der Waals surface area contributed by atoms with Crippen molar-refractivity contribution < 1.29 is 9.18 Å². The summed E-state index contributed by atoms with van der Waals surface area (Å²) in [5.74, 6) is -0.661. The Hall–Kier alpha value is -2.76. The number of carbonyl (C=O) groups excluding carboxylic acids is 1. The minimum Gasteiger partial charge on any atom is -0.322 e. The second-order valence-corrected chi connectivity index (χ2v) is 4.36. The van der Waals surface area contributed by atoms with Crippen LogP contribution in [0.1, 0.15) is 15.9 Å². The lowest BCUT2D eigenvalue weighted by molar-refractivity contribution is 0.102. The van der Waals surface area contributed by atoms with E-state index in [2.05, 4.69) is 15.4 Å². The Kier molecular flexibility index (Phi) is 2.90. The van der Waals surface area contributed by atoms with Gasteiger partial charge in [0, 0.05) is 18.1 Å². The third kappa shape index (κ3) is 2.11. The highest BCUT2D eigenvalue weighted by Gasteiger charge is 2.14. The van der Waals surface area contributed by atoms with Crippen molar-refractivity contribution in [2.75, 3.05) is 5.32 Å². The predicted octanol–water partition coefficient (Wildman–Crippen LogP) is 2.43. The maximum absolute atomic E-state index is 13.0. The van der Waals surface area contributed by atoms with Crippen LogP contribution in [0.15, 0.2) is 42.9 Å². The number of aryl methyl sites for hydroxylation is 1. The van der Waals surface area contributed by atoms with Crippen molar-refractivity contribution in [1.82, 2.24) is 14.6 Å². The van der Waals surface area contributed by atoms with Gasteiger partial charge in [-0.2, -0.15) is 5.10 Å². The largest absolute Gasteiger partial charge is 0.322 e. The van der Waals surface area contributed by atoms with E-state index in [0.29, 0.717) is 22.5 Å². The van der Waals surface area contributed by atoms with Crippen molar-refractivity contribution in [2.24, 2.45) is 0 Å². The van der Waals surface area contributed by atoms with Crippen LogP contribution < -0.4 is 5.32 Å². The molecule has 2 heterocycles. The fourth-order valence-electron chi connectivity index (χ4n) is 1.94. The van der Waals surface area contributed by atoms with Crippen molar-refractivity contribution in [3.8, 4) is 0 Å². The van der Waals surface area contributed by atoms with Gasteiger partial charge in [-0.25, -0.2) is 13.9 Å². The quantitative estimate of drug-likeness (QED) is 0.778. The molecule has 6 heteroatoms. The molecule has 0 radical (unpaired) electrons. The first-order valence-corrected chi connectivity index (χ1v) is 6.01. The Labute approximate surface area is 114 Å². The van der Waals surface area contributed by atoms with Crippen molar-refractivity contribution >= 4 is 17.2 Å². The molecule has 100 valence electrons. The summed E-state index contributed by atoms with van der Waals surface area (Å²) in [4.78, 5) is 16.3. The zero-order valence-corrected chi connectivity index (χ0v) is 10.7. The van der Waals surface area contributed by atoms with Gasteiger partial charge in [0.25, 0.3) is 5.91 Å². The van der Waals surface area contributed by atoms with Crippen molar-refractivity contribution in [3.63, 3.8) is 0 Å². The molecule has 1 aromatic carbocycles. The number of aromatic nitrogens is 3. The Morgan fingerprint density at radius 2 is 2.25 bits per heavy atom. The number of halogens is 1. The first-order valence-electron chi connectivity index (χ1n) is 6.01. The summed E-state index contributed by atoms with van der Waals surface area (Å²) in [5.41, 5.74) is 2.06. The van der Waals surface area contributed by atoms with Crippen LogP contribution in [-0.2, 0) is 0 Å². The molecule has 0 bridgehead atoms. The topological polar surface area (TPSA) is 59.3 Å². The second kappa shape index (κ2) is 4.73. The lowest BCUT2D eigenvalue weighted by Crippen LogP contribution is -2.13. The lowest BCUT2D eigenvalue weighted by atomic mass is 10.2. The highest BCUT2D eigenvalue weighted by Crippen LogP contribution is 2.17. The van der Waals surface area contributed by atoms with Crippen molar-refractivity contribution in [1.29, 1.82) is 0 Å². The van der Waals surface area contributed by atoms with E-state index in [1.807, 2.05) is 0 Å². The molecule has 1 N–H and O–H groups in total. The van der Waals surface area contributed by atoms with Crippen LogP contribution in [0.4, 0.5) is 10.1 Å². The Bertz CT molecular complexity index is 797. The summed E-state index contributed by atoms with van der Waals surface area (Å²) in [6.07, 6.45) is 4.76. The van der Waals surface area contributed by atoms with Gasteiger partial charge < -0.3 is 5.32 Å². The number of anilines is 1. The maximum atomic E-state index is 13.0. The van der Waals surface area contributed by atoms with E-state index < -0.39 is 0 Å². The number of amides is 1. The zero-order valence-electron chi connectivity index (χ0n) is 10.7. The van der Waals surface area contributed by atoms with Crippen LogP contribution in [0.2, 0.25) is 0 Å². The van der Waals surface area contributed by atoms with Gasteiger partial charge in [-0.1, -0.05) is 0 Å². The van der Waals surface area contributed by atoms with Crippen LogP contribution in [-0.4, -0.2) is 20.5 Å². The molecule has 0 unspecified atom stereocenters. The number of hydrogen-bond donors (Lipinski definition) is 1. The standard InChI is InChI=1S/C14H11FN4O/c1-9-7-10(15)3-4-12(9)18-14(20)11-8-17-19-6-2-5-16-13(11)19/h2-8H,1H3,(H,18,20). The second-order valence-electron chi connectivity index (χ2n) is 4.36. The van der Waals surface area contributed by atoms with Gasteiger partial charge in [0.15, 0.2) is 5.65 Å². The highest BCUT2D eigenvalue weighted by atomic mass is 19.1. The molecule has 20 heavy (non-hydrogen) atoms. The molecule has 3 rings (SSSR count). The van der Waals surface area contributed by atoms with E-state index in [1.54, 1.807) is 25.4 Å². The molecule has 0 aliphatic heterocycles. The van der Waals surface area contributed by atoms with Crippen molar-refractivity contribution in [3.05, 3.63) is 59.8 Å². The number of nitrogens with one attached hydrogen (secondary N) is 1. The van der Waals surface area contributed by atoms with Crippen LogP contribution in [0.3, 0.4) is 0 Å². The lowest BCUT2D eigenvalue weighted by Gasteiger charge is -2.07. The van der Waals surface area contributed by atoms with Gasteiger partial charge >= 0.3 is 0 Å². The Balaban J connectivity index is 1.93. The molecule has 1 amide bonds. The Morgan fingerprint density at radius 1 is 1.40 bits per heavy atom. The molecule has 0 saturated carbocycles. The van der Waals surface area contributed by atoms with E-state index in [1.165, 1.54) is 28.9 Å². The molecule has 5 nitrogen and oxygen atoms in total. The maximum Gasteiger partial charge on any atom is 0.261 e. The van der Waals surface area contributed by atoms with E-state index in [9.17, 15) is 9.18 Å². The molecule has 0 aliphatic carbocycles. The smallest absolute Gasteiger partial charge is 0.261 e. The normalized spacial score (nSPS) is 10.7. The van der Waals surface area contributed by atoms with Crippen LogP contribution in [0.25, 0.3) is 5.65 Å². The summed E-state index contributed by atoms with van der Waals surface area (Å²) in [6.45, 7) is 1.73. The molecule has 0 spiro atoms. The molecular formula is C14H11FN4O. The van der Waals surface area contributed by atoms with Gasteiger partial charge in [0.1, 0.15) is 11.4 Å². The summed E-state index contributed by atoms with van der Waals surface area (Å²) < 4.78 is 14.6. The molecule has 2 aromatic heterocycles. The van der Waals surface area contributed by atoms with Gasteiger partial charge in [-0.3, -0.25) is 4.79 Å². The summed E-state index contributed by atoms with van der Waals surface area (Å²) >= 11 is 0. The van der Waals surface area contributed by atoms with Crippen LogP contribution in [0, 0.1) is 12.7 Å². The minimum absolute atomic E-state index is 0.326. The third-order valence-electron chi connectivity index (χ3n) is 2.96. The number of benzene rings is 1. The van der Waals surface area contributed by atoms with E-state index in [4.69, 9.17) is 0 Å². The van der Waals surface area contributed by atoms with Gasteiger partial charge in [-0.05, 0) is 36.8 Å². The number of nitrogens with zero attached hydrogens (tertiary/aromatic N) is 3. The van der Waals surface area contributed by atoms with E-state index in [0.717, 1.165) is 0 Å². The van der Waals surface area contributed by atoms with Gasteiger partial charge in [0.05, 0.1) is 6.20 Å². The molecule has 0 fully saturated rings. The Morgan fingerprint density at radius 3 is 3.05 bits per heavy atom. The molecule has 0 saturated heterocycles. The van der Waals surface area contributed by atoms with Crippen LogP contribution >= 0.6 is 0 Å². The first-order chi connectivity index (χ1) is 9.65. The van der Waals surface area contributed by atoms with Gasteiger partial charge in [0.2, 0.25) is 0 Å². The molecule has 0 aliphatic rings. The monoisotopic (exact) mass is 270 g/mol. The molecule has 0 atom stereocenters. The summed E-state index contributed by atoms with van der Waals surface area (Å²) in [7, 11) is 0. The first kappa shape index (κ1) is 12.3. The summed E-state index contributed by atoms with van der Waals surface area (Å²) in [5, 5.41) is 6.78. The number of hydrogen-bond acceptors (Lipinski definition) is 3. The molecule has 3 aromatic rings. The fraction of sp³-hybridized carbons (Fsp3) is 0.0714. The van der Waals surface area contributed by atoms with Crippen LogP contribution in [0.5, 0.6) is 0 Å². The SMILES string of the molecule is Cc1cc(F)ccc1NC(=O)c1cnn2cccnc12. The zero-order chi connectivity index (χ0) is 14.1. The van der Waals surface area contributed by atoms with Gasteiger partial charge in [-0.15, -0.1) is 0 Å². The predicted molar refractivity (Wildman–Crippen MR) is 72.1 cm³/mol. The molecular weight excluding hydrogens is 259 g/mol. The number of rotatable bonds is 2. The fourth-order valence-corrected chi connectivity index (χ4v) is 1.94.